The standard InChI is InChI=1S/C12H17BrFNO/c1-8(15-9(2)7-16)5-10-3-4-11(13)12(14)6-10/h3-4,6,8-9,15-16H,5,7H2,1-2H3/t8?,9-/m0/s1. The Morgan fingerprint density at radius 1 is 1.38 bits per heavy atom. The minimum absolute atomic E-state index is 0.0651. The molecule has 2 N–H and O–H groups in total. The number of benzene rings is 1. The number of aliphatic hydroxyl groups is 1. The second-order valence-electron chi connectivity index (χ2n) is 4.10. The fourth-order valence-electron chi connectivity index (χ4n) is 1.62. The Balaban J connectivity index is 2.56. The number of aliphatic hydroxyl groups excluding tert-OH is 1. The second-order valence-corrected chi connectivity index (χ2v) is 4.96. The van der Waals surface area contributed by atoms with E-state index >= 15 is 0 Å². The molecule has 0 fully saturated rings. The molecule has 0 heterocycles. The fourth-order valence-corrected chi connectivity index (χ4v) is 1.86. The van der Waals surface area contributed by atoms with Crippen molar-refractivity contribution >= 4 is 15.9 Å². The first kappa shape index (κ1) is 13.6. The summed E-state index contributed by atoms with van der Waals surface area (Å²) in [4.78, 5) is 0. The number of hydrogen-bond acceptors (Lipinski definition) is 2. The fraction of sp³-hybridized carbons (Fsp3) is 0.500. The zero-order chi connectivity index (χ0) is 12.1. The molecule has 0 saturated carbocycles. The van der Waals surface area contributed by atoms with Crippen LogP contribution < -0.4 is 5.32 Å². The highest BCUT2D eigenvalue weighted by atomic mass is 79.9. The molecule has 16 heavy (non-hydrogen) atoms. The van der Waals surface area contributed by atoms with Crippen LogP contribution in [0.4, 0.5) is 4.39 Å². The third kappa shape index (κ3) is 4.20. The van der Waals surface area contributed by atoms with Gasteiger partial charge in [0.15, 0.2) is 0 Å². The molecule has 90 valence electrons. The van der Waals surface area contributed by atoms with Gasteiger partial charge in [-0.25, -0.2) is 4.39 Å². The van der Waals surface area contributed by atoms with Gasteiger partial charge in [0.05, 0.1) is 11.1 Å². The molecule has 0 aliphatic heterocycles. The average molecular weight is 290 g/mol. The van der Waals surface area contributed by atoms with Gasteiger partial charge in [0, 0.05) is 12.1 Å². The van der Waals surface area contributed by atoms with Gasteiger partial charge in [-0.3, -0.25) is 0 Å². The quantitative estimate of drug-likeness (QED) is 0.873. The molecule has 2 atom stereocenters. The molecule has 0 aliphatic rings. The van der Waals surface area contributed by atoms with E-state index in [4.69, 9.17) is 5.11 Å². The minimum atomic E-state index is -0.236. The largest absolute Gasteiger partial charge is 0.395 e. The van der Waals surface area contributed by atoms with E-state index in [0.717, 1.165) is 12.0 Å². The van der Waals surface area contributed by atoms with Gasteiger partial charge in [-0.15, -0.1) is 0 Å². The summed E-state index contributed by atoms with van der Waals surface area (Å²) in [5.41, 5.74) is 0.950. The van der Waals surface area contributed by atoms with Crippen LogP contribution in [0.1, 0.15) is 19.4 Å². The summed E-state index contributed by atoms with van der Waals surface area (Å²) in [5, 5.41) is 12.1. The molecule has 0 spiro atoms. The maximum absolute atomic E-state index is 13.3. The summed E-state index contributed by atoms with van der Waals surface area (Å²) < 4.78 is 13.7. The van der Waals surface area contributed by atoms with Gasteiger partial charge >= 0.3 is 0 Å². The average Bonchev–Trinajstić information content (AvgIpc) is 2.23. The lowest BCUT2D eigenvalue weighted by molar-refractivity contribution is 0.242. The number of rotatable bonds is 5. The van der Waals surface area contributed by atoms with E-state index < -0.39 is 0 Å². The predicted octanol–water partition coefficient (Wildman–Crippen LogP) is 2.49. The van der Waals surface area contributed by atoms with Crippen LogP contribution in [-0.4, -0.2) is 23.8 Å². The zero-order valence-corrected chi connectivity index (χ0v) is 11.1. The normalized spacial score (nSPS) is 14.8. The predicted molar refractivity (Wildman–Crippen MR) is 66.9 cm³/mol. The number of nitrogens with one attached hydrogen (secondary N) is 1. The lowest BCUT2D eigenvalue weighted by Crippen LogP contribution is -2.37. The molecule has 1 aromatic rings. The van der Waals surface area contributed by atoms with Crippen LogP contribution in [0.2, 0.25) is 0 Å². The van der Waals surface area contributed by atoms with E-state index in [1.807, 2.05) is 19.9 Å². The lowest BCUT2D eigenvalue weighted by Gasteiger charge is -2.18. The summed E-state index contributed by atoms with van der Waals surface area (Å²) in [5.74, 6) is -0.236. The summed E-state index contributed by atoms with van der Waals surface area (Å²) in [6, 6.07) is 5.42. The highest BCUT2D eigenvalue weighted by Gasteiger charge is 2.08. The number of hydrogen-bond donors (Lipinski definition) is 2. The topological polar surface area (TPSA) is 32.3 Å². The van der Waals surface area contributed by atoms with E-state index in [1.165, 1.54) is 6.07 Å². The molecule has 0 aromatic heterocycles. The van der Waals surface area contributed by atoms with Crippen LogP contribution in [-0.2, 0) is 6.42 Å². The third-order valence-electron chi connectivity index (χ3n) is 2.37. The summed E-state index contributed by atoms with van der Waals surface area (Å²) in [6.07, 6.45) is 0.745. The Bertz CT molecular complexity index is 346. The molecule has 0 amide bonds. The Morgan fingerprint density at radius 3 is 2.62 bits per heavy atom. The zero-order valence-electron chi connectivity index (χ0n) is 9.50. The Kier molecular flexibility index (Phi) is 5.38. The smallest absolute Gasteiger partial charge is 0.137 e. The molecule has 1 rings (SSSR count). The number of halogens is 2. The minimum Gasteiger partial charge on any atom is -0.395 e. The van der Waals surface area contributed by atoms with Gasteiger partial charge in [-0.05, 0) is 53.9 Å². The van der Waals surface area contributed by atoms with Gasteiger partial charge in [0.25, 0.3) is 0 Å². The third-order valence-corrected chi connectivity index (χ3v) is 3.01. The first-order valence-electron chi connectivity index (χ1n) is 5.33. The van der Waals surface area contributed by atoms with E-state index in [9.17, 15) is 4.39 Å². The van der Waals surface area contributed by atoms with Crippen molar-refractivity contribution < 1.29 is 9.50 Å². The molecular weight excluding hydrogens is 273 g/mol. The van der Waals surface area contributed by atoms with Crippen molar-refractivity contribution in [3.05, 3.63) is 34.1 Å². The van der Waals surface area contributed by atoms with E-state index in [2.05, 4.69) is 21.2 Å². The van der Waals surface area contributed by atoms with Crippen molar-refractivity contribution in [2.24, 2.45) is 0 Å². The van der Waals surface area contributed by atoms with Crippen molar-refractivity contribution in [1.29, 1.82) is 0 Å². The van der Waals surface area contributed by atoms with Crippen LogP contribution in [0, 0.1) is 5.82 Å². The summed E-state index contributed by atoms with van der Waals surface area (Å²) in [7, 11) is 0. The molecule has 1 aromatic carbocycles. The van der Waals surface area contributed by atoms with Gasteiger partial charge in [-0.2, -0.15) is 0 Å². The highest BCUT2D eigenvalue weighted by Crippen LogP contribution is 2.17. The molecule has 2 nitrogen and oxygen atoms in total. The Morgan fingerprint density at radius 2 is 2.06 bits per heavy atom. The molecular formula is C12H17BrFNO. The maximum atomic E-state index is 13.3. The Hall–Kier alpha value is -0.450. The van der Waals surface area contributed by atoms with E-state index in [0.29, 0.717) is 4.47 Å². The van der Waals surface area contributed by atoms with Crippen LogP contribution in [0.25, 0.3) is 0 Å². The molecule has 0 aliphatic carbocycles. The molecule has 0 saturated heterocycles. The van der Waals surface area contributed by atoms with Crippen molar-refractivity contribution in [2.45, 2.75) is 32.4 Å². The van der Waals surface area contributed by atoms with Crippen molar-refractivity contribution in [3.63, 3.8) is 0 Å². The maximum Gasteiger partial charge on any atom is 0.137 e. The van der Waals surface area contributed by atoms with Crippen molar-refractivity contribution in [3.8, 4) is 0 Å². The van der Waals surface area contributed by atoms with Crippen molar-refractivity contribution in [2.75, 3.05) is 6.61 Å². The molecule has 4 heteroatoms. The summed E-state index contributed by atoms with van der Waals surface area (Å²) in [6.45, 7) is 4.05. The summed E-state index contributed by atoms with van der Waals surface area (Å²) >= 11 is 3.12. The van der Waals surface area contributed by atoms with E-state index in [-0.39, 0.29) is 24.5 Å². The molecule has 0 radical (unpaired) electrons. The monoisotopic (exact) mass is 289 g/mol. The lowest BCUT2D eigenvalue weighted by atomic mass is 10.1. The first-order valence-corrected chi connectivity index (χ1v) is 6.13. The molecule has 0 bridgehead atoms. The van der Waals surface area contributed by atoms with Gasteiger partial charge in [-0.1, -0.05) is 6.07 Å². The van der Waals surface area contributed by atoms with Crippen LogP contribution >= 0.6 is 15.9 Å². The van der Waals surface area contributed by atoms with Gasteiger partial charge in [0.1, 0.15) is 5.82 Å². The molecule has 1 unspecified atom stereocenters. The Labute approximate surface area is 104 Å². The van der Waals surface area contributed by atoms with Crippen LogP contribution in [0.5, 0.6) is 0 Å². The van der Waals surface area contributed by atoms with Gasteiger partial charge < -0.3 is 10.4 Å². The second kappa shape index (κ2) is 6.33. The highest BCUT2D eigenvalue weighted by molar-refractivity contribution is 9.10. The van der Waals surface area contributed by atoms with Gasteiger partial charge in [0.2, 0.25) is 0 Å². The first-order chi connectivity index (χ1) is 7.52. The van der Waals surface area contributed by atoms with E-state index in [1.54, 1.807) is 6.07 Å². The van der Waals surface area contributed by atoms with Crippen LogP contribution in [0.15, 0.2) is 22.7 Å². The van der Waals surface area contributed by atoms with Crippen LogP contribution in [0.3, 0.4) is 0 Å². The SMILES string of the molecule is CC(Cc1ccc(Br)c(F)c1)N[C@@H](C)CO. The van der Waals surface area contributed by atoms with Crippen molar-refractivity contribution in [1.82, 2.24) is 5.32 Å².